The standard InChI is InChI=1S/C8H9N5O/c1-5-2-3-10-4-6(5)7-11-8(12-9)14-13-7/h2-4H,9H2,1H3,(H,11,12,13). The molecule has 0 atom stereocenters. The van der Waals surface area contributed by atoms with Crippen molar-refractivity contribution >= 4 is 6.01 Å². The molecule has 72 valence electrons. The molecule has 0 unspecified atom stereocenters. The average molecular weight is 191 g/mol. The topological polar surface area (TPSA) is 89.9 Å². The molecule has 2 aromatic rings. The maximum Gasteiger partial charge on any atom is 0.335 e. The molecule has 0 saturated carbocycles. The SMILES string of the molecule is Cc1ccncc1-c1noc(NN)n1. The quantitative estimate of drug-likeness (QED) is 0.537. The third kappa shape index (κ3) is 1.42. The molecule has 0 aromatic carbocycles. The van der Waals surface area contributed by atoms with Crippen molar-refractivity contribution in [2.45, 2.75) is 6.92 Å². The number of pyridine rings is 1. The molecule has 0 bridgehead atoms. The summed E-state index contributed by atoms with van der Waals surface area (Å²) >= 11 is 0. The summed E-state index contributed by atoms with van der Waals surface area (Å²) in [6, 6.07) is 2.06. The maximum atomic E-state index is 5.12. The summed E-state index contributed by atoms with van der Waals surface area (Å²) in [6.45, 7) is 1.95. The summed E-state index contributed by atoms with van der Waals surface area (Å²) < 4.78 is 4.80. The number of hydrazine groups is 1. The van der Waals surface area contributed by atoms with E-state index in [4.69, 9.17) is 10.4 Å². The summed E-state index contributed by atoms with van der Waals surface area (Å²) in [5.74, 6) is 5.59. The van der Waals surface area contributed by atoms with Gasteiger partial charge >= 0.3 is 6.01 Å². The Bertz CT molecular complexity index is 439. The number of hydrogen-bond donors (Lipinski definition) is 2. The third-order valence-electron chi connectivity index (χ3n) is 1.83. The highest BCUT2D eigenvalue weighted by Gasteiger charge is 2.09. The second kappa shape index (κ2) is 3.43. The molecule has 0 spiro atoms. The van der Waals surface area contributed by atoms with E-state index in [2.05, 4.69) is 20.6 Å². The first-order valence-corrected chi connectivity index (χ1v) is 4.02. The van der Waals surface area contributed by atoms with Crippen molar-refractivity contribution in [3.05, 3.63) is 24.0 Å². The highest BCUT2D eigenvalue weighted by Crippen LogP contribution is 2.19. The first kappa shape index (κ1) is 8.64. The number of nitrogens with two attached hydrogens (primary N) is 1. The zero-order valence-electron chi connectivity index (χ0n) is 7.56. The highest BCUT2D eigenvalue weighted by molar-refractivity contribution is 5.58. The van der Waals surface area contributed by atoms with Crippen LogP contribution in [0.5, 0.6) is 0 Å². The van der Waals surface area contributed by atoms with Gasteiger partial charge in [-0.1, -0.05) is 5.16 Å². The Morgan fingerprint density at radius 1 is 1.50 bits per heavy atom. The second-order valence-electron chi connectivity index (χ2n) is 2.76. The van der Waals surface area contributed by atoms with Crippen LogP contribution in [-0.4, -0.2) is 15.1 Å². The van der Waals surface area contributed by atoms with Gasteiger partial charge in [-0.15, -0.1) is 0 Å². The Balaban J connectivity index is 2.44. The van der Waals surface area contributed by atoms with Crippen LogP contribution in [-0.2, 0) is 0 Å². The molecule has 0 fully saturated rings. The predicted octanol–water partition coefficient (Wildman–Crippen LogP) is 0.726. The van der Waals surface area contributed by atoms with Gasteiger partial charge in [-0.25, -0.2) is 5.84 Å². The van der Waals surface area contributed by atoms with Gasteiger partial charge in [0.1, 0.15) is 0 Å². The lowest BCUT2D eigenvalue weighted by Crippen LogP contribution is -2.06. The summed E-state index contributed by atoms with van der Waals surface area (Å²) in [7, 11) is 0. The molecule has 0 amide bonds. The van der Waals surface area contributed by atoms with Gasteiger partial charge < -0.3 is 4.52 Å². The molecular weight excluding hydrogens is 182 g/mol. The van der Waals surface area contributed by atoms with Gasteiger partial charge in [0.15, 0.2) is 0 Å². The number of aromatic nitrogens is 3. The fraction of sp³-hybridized carbons (Fsp3) is 0.125. The Kier molecular flexibility index (Phi) is 2.11. The number of aryl methyl sites for hydroxylation is 1. The number of anilines is 1. The van der Waals surface area contributed by atoms with Crippen LogP contribution in [0.1, 0.15) is 5.56 Å². The number of hydrogen-bond acceptors (Lipinski definition) is 6. The Hall–Kier alpha value is -1.95. The third-order valence-corrected chi connectivity index (χ3v) is 1.83. The smallest absolute Gasteiger partial charge is 0.314 e. The van der Waals surface area contributed by atoms with Crippen LogP contribution in [0, 0.1) is 6.92 Å². The zero-order valence-corrected chi connectivity index (χ0v) is 7.56. The van der Waals surface area contributed by atoms with Crippen molar-refractivity contribution in [1.82, 2.24) is 15.1 Å². The van der Waals surface area contributed by atoms with E-state index in [1.54, 1.807) is 12.4 Å². The minimum atomic E-state index is 0.184. The normalized spacial score (nSPS) is 10.1. The van der Waals surface area contributed by atoms with E-state index >= 15 is 0 Å². The van der Waals surface area contributed by atoms with Crippen LogP contribution in [0.15, 0.2) is 23.0 Å². The van der Waals surface area contributed by atoms with Crippen molar-refractivity contribution in [3.8, 4) is 11.4 Å². The highest BCUT2D eigenvalue weighted by atomic mass is 16.5. The van der Waals surface area contributed by atoms with Crippen molar-refractivity contribution in [2.75, 3.05) is 5.43 Å². The molecule has 2 heterocycles. The fourth-order valence-corrected chi connectivity index (χ4v) is 1.09. The number of rotatable bonds is 2. The molecule has 6 nitrogen and oxygen atoms in total. The predicted molar refractivity (Wildman–Crippen MR) is 50.1 cm³/mol. The van der Waals surface area contributed by atoms with E-state index in [-0.39, 0.29) is 6.01 Å². The molecule has 6 heteroatoms. The minimum Gasteiger partial charge on any atom is -0.314 e. The molecule has 0 radical (unpaired) electrons. The monoisotopic (exact) mass is 191 g/mol. The van der Waals surface area contributed by atoms with Crippen LogP contribution in [0.4, 0.5) is 6.01 Å². The molecule has 2 rings (SSSR count). The van der Waals surface area contributed by atoms with E-state index in [1.807, 2.05) is 13.0 Å². The summed E-state index contributed by atoms with van der Waals surface area (Å²) in [5, 5.41) is 3.75. The Morgan fingerprint density at radius 2 is 2.36 bits per heavy atom. The Labute approximate surface area is 80.1 Å². The maximum absolute atomic E-state index is 5.12. The Morgan fingerprint density at radius 3 is 3.00 bits per heavy atom. The van der Waals surface area contributed by atoms with E-state index in [0.29, 0.717) is 5.82 Å². The van der Waals surface area contributed by atoms with E-state index < -0.39 is 0 Å². The molecule has 0 aliphatic carbocycles. The van der Waals surface area contributed by atoms with Crippen LogP contribution in [0.25, 0.3) is 11.4 Å². The lowest BCUT2D eigenvalue weighted by atomic mass is 10.1. The first-order valence-electron chi connectivity index (χ1n) is 4.02. The lowest BCUT2D eigenvalue weighted by molar-refractivity contribution is 0.432. The molecule has 0 aliphatic rings. The van der Waals surface area contributed by atoms with Gasteiger partial charge in [-0.05, 0) is 18.6 Å². The zero-order chi connectivity index (χ0) is 9.97. The number of nitrogen functional groups attached to an aromatic ring is 1. The van der Waals surface area contributed by atoms with Gasteiger partial charge in [-0.2, -0.15) is 4.98 Å². The number of nitrogens with one attached hydrogen (secondary N) is 1. The minimum absolute atomic E-state index is 0.184. The fourth-order valence-electron chi connectivity index (χ4n) is 1.09. The molecular formula is C8H9N5O. The second-order valence-corrected chi connectivity index (χ2v) is 2.76. The summed E-state index contributed by atoms with van der Waals surface area (Å²) in [6.07, 6.45) is 3.39. The van der Waals surface area contributed by atoms with Crippen molar-refractivity contribution in [3.63, 3.8) is 0 Å². The van der Waals surface area contributed by atoms with Crippen molar-refractivity contribution < 1.29 is 4.52 Å². The first-order chi connectivity index (χ1) is 6.81. The van der Waals surface area contributed by atoms with Gasteiger partial charge in [0.2, 0.25) is 5.82 Å². The molecule has 0 aliphatic heterocycles. The van der Waals surface area contributed by atoms with Crippen LogP contribution < -0.4 is 11.3 Å². The van der Waals surface area contributed by atoms with E-state index in [1.165, 1.54) is 0 Å². The molecule has 14 heavy (non-hydrogen) atoms. The van der Waals surface area contributed by atoms with Crippen LogP contribution in [0.3, 0.4) is 0 Å². The van der Waals surface area contributed by atoms with Gasteiger partial charge in [0.05, 0.1) is 0 Å². The van der Waals surface area contributed by atoms with E-state index in [0.717, 1.165) is 11.1 Å². The largest absolute Gasteiger partial charge is 0.335 e. The number of nitrogens with zero attached hydrogens (tertiary/aromatic N) is 3. The molecule has 0 saturated heterocycles. The van der Waals surface area contributed by atoms with Gasteiger partial charge in [-0.3, -0.25) is 10.4 Å². The summed E-state index contributed by atoms with van der Waals surface area (Å²) in [4.78, 5) is 7.99. The van der Waals surface area contributed by atoms with Crippen LogP contribution >= 0.6 is 0 Å². The van der Waals surface area contributed by atoms with Crippen LogP contribution in [0.2, 0.25) is 0 Å². The van der Waals surface area contributed by atoms with E-state index in [9.17, 15) is 0 Å². The van der Waals surface area contributed by atoms with Gasteiger partial charge in [0, 0.05) is 18.0 Å². The van der Waals surface area contributed by atoms with Gasteiger partial charge in [0.25, 0.3) is 0 Å². The molecule has 3 N–H and O–H groups in total. The average Bonchev–Trinajstić information content (AvgIpc) is 2.67. The molecule has 2 aromatic heterocycles. The summed E-state index contributed by atoms with van der Waals surface area (Å²) in [5.41, 5.74) is 4.14. The van der Waals surface area contributed by atoms with Crippen molar-refractivity contribution in [2.24, 2.45) is 5.84 Å². The van der Waals surface area contributed by atoms with Crippen molar-refractivity contribution in [1.29, 1.82) is 0 Å². The lowest BCUT2D eigenvalue weighted by Gasteiger charge is -1.96.